The summed E-state index contributed by atoms with van der Waals surface area (Å²) in [7, 11) is 0. The second kappa shape index (κ2) is 5.29. The summed E-state index contributed by atoms with van der Waals surface area (Å²) in [6.07, 6.45) is 2.70. The third-order valence-corrected chi connectivity index (χ3v) is 4.02. The molecule has 18 heavy (non-hydrogen) atoms. The maximum atomic E-state index is 5.59. The molecule has 0 bridgehead atoms. The van der Waals surface area contributed by atoms with Gasteiger partial charge in [0, 0.05) is 19.1 Å². The smallest absolute Gasteiger partial charge is 0.119 e. The van der Waals surface area contributed by atoms with Crippen LogP contribution in [0.2, 0.25) is 0 Å². The van der Waals surface area contributed by atoms with Crippen LogP contribution >= 0.6 is 0 Å². The lowest BCUT2D eigenvalue weighted by Crippen LogP contribution is -2.38. The first kappa shape index (κ1) is 12.0. The Morgan fingerprint density at radius 2 is 2.17 bits per heavy atom. The highest BCUT2D eigenvalue weighted by molar-refractivity contribution is 5.39. The molecule has 1 fully saturated rings. The standard InChI is InChI=1S/C15H22N2O/c1-2-18-13-5-6-14-12(9-13)10-16-11-15(14)17-7-3-4-8-17/h5-6,9,15-16H,2-4,7-8,10-11H2,1H3/t15-/m0/s1. The molecule has 0 unspecified atom stereocenters. The molecule has 1 aromatic rings. The van der Waals surface area contributed by atoms with Crippen LogP contribution in [-0.2, 0) is 6.54 Å². The summed E-state index contributed by atoms with van der Waals surface area (Å²) in [5, 5.41) is 3.54. The fraction of sp³-hybridized carbons (Fsp3) is 0.600. The minimum absolute atomic E-state index is 0.562. The average molecular weight is 246 g/mol. The van der Waals surface area contributed by atoms with E-state index in [-0.39, 0.29) is 0 Å². The molecule has 3 rings (SSSR count). The molecular formula is C15H22N2O. The molecule has 1 aromatic carbocycles. The van der Waals surface area contributed by atoms with Crippen LogP contribution in [0.4, 0.5) is 0 Å². The van der Waals surface area contributed by atoms with Crippen LogP contribution in [0.5, 0.6) is 5.75 Å². The third kappa shape index (κ3) is 2.25. The SMILES string of the molecule is CCOc1ccc2c(c1)CNC[C@@H]2N1CCCC1. The van der Waals surface area contributed by atoms with E-state index in [2.05, 4.69) is 28.4 Å². The monoisotopic (exact) mass is 246 g/mol. The Morgan fingerprint density at radius 1 is 1.33 bits per heavy atom. The average Bonchev–Trinajstić information content (AvgIpc) is 2.92. The van der Waals surface area contributed by atoms with Crippen LogP contribution in [0.15, 0.2) is 18.2 Å². The van der Waals surface area contributed by atoms with E-state index in [0.717, 1.165) is 25.4 Å². The van der Waals surface area contributed by atoms with Crippen LogP contribution < -0.4 is 10.1 Å². The number of hydrogen-bond acceptors (Lipinski definition) is 3. The second-order valence-corrected chi connectivity index (χ2v) is 5.18. The van der Waals surface area contributed by atoms with Gasteiger partial charge in [-0.1, -0.05) is 6.07 Å². The van der Waals surface area contributed by atoms with Crippen LogP contribution in [0, 0.1) is 0 Å². The summed E-state index contributed by atoms with van der Waals surface area (Å²) in [4.78, 5) is 2.62. The lowest BCUT2D eigenvalue weighted by Gasteiger charge is -2.33. The van der Waals surface area contributed by atoms with Gasteiger partial charge in [0.1, 0.15) is 5.75 Å². The summed E-state index contributed by atoms with van der Waals surface area (Å²) in [5.41, 5.74) is 2.91. The van der Waals surface area contributed by atoms with Crippen molar-refractivity contribution in [1.82, 2.24) is 10.2 Å². The van der Waals surface area contributed by atoms with Crippen LogP contribution in [0.3, 0.4) is 0 Å². The summed E-state index contributed by atoms with van der Waals surface area (Å²) in [5.74, 6) is 1.00. The topological polar surface area (TPSA) is 24.5 Å². The van der Waals surface area contributed by atoms with E-state index < -0.39 is 0 Å². The number of nitrogens with zero attached hydrogens (tertiary/aromatic N) is 1. The predicted octanol–water partition coefficient (Wildman–Crippen LogP) is 2.33. The lowest BCUT2D eigenvalue weighted by atomic mass is 9.95. The van der Waals surface area contributed by atoms with Gasteiger partial charge in [-0.2, -0.15) is 0 Å². The number of benzene rings is 1. The fourth-order valence-electron chi connectivity index (χ4n) is 3.15. The molecule has 0 spiro atoms. The van der Waals surface area contributed by atoms with E-state index in [4.69, 9.17) is 4.74 Å². The Labute approximate surface area is 109 Å². The lowest BCUT2D eigenvalue weighted by molar-refractivity contribution is 0.228. The molecule has 0 saturated carbocycles. The van der Waals surface area contributed by atoms with Crippen molar-refractivity contribution in [3.8, 4) is 5.75 Å². The molecule has 98 valence electrons. The molecule has 1 atom stereocenters. The van der Waals surface area contributed by atoms with Crippen molar-refractivity contribution >= 4 is 0 Å². The van der Waals surface area contributed by atoms with Gasteiger partial charge >= 0.3 is 0 Å². The van der Waals surface area contributed by atoms with Crippen molar-refractivity contribution < 1.29 is 4.74 Å². The van der Waals surface area contributed by atoms with Gasteiger partial charge in [0.2, 0.25) is 0 Å². The number of likely N-dealkylation sites (tertiary alicyclic amines) is 1. The number of hydrogen-bond donors (Lipinski definition) is 1. The fourth-order valence-corrected chi connectivity index (χ4v) is 3.15. The highest BCUT2D eigenvalue weighted by atomic mass is 16.5. The molecule has 2 aliphatic heterocycles. The summed E-state index contributed by atoms with van der Waals surface area (Å²) in [6.45, 7) is 7.33. The molecule has 1 N–H and O–H groups in total. The van der Waals surface area contributed by atoms with Crippen molar-refractivity contribution in [1.29, 1.82) is 0 Å². The van der Waals surface area contributed by atoms with Crippen LogP contribution in [0.25, 0.3) is 0 Å². The first-order chi connectivity index (χ1) is 8.88. The molecule has 2 aliphatic rings. The van der Waals surface area contributed by atoms with Crippen molar-refractivity contribution in [2.75, 3.05) is 26.2 Å². The largest absolute Gasteiger partial charge is 0.494 e. The zero-order valence-corrected chi connectivity index (χ0v) is 11.1. The minimum Gasteiger partial charge on any atom is -0.494 e. The Kier molecular flexibility index (Phi) is 3.52. The quantitative estimate of drug-likeness (QED) is 0.886. The van der Waals surface area contributed by atoms with Crippen molar-refractivity contribution in [2.24, 2.45) is 0 Å². The number of fused-ring (bicyclic) bond motifs is 1. The molecular weight excluding hydrogens is 224 g/mol. The van der Waals surface area contributed by atoms with Crippen molar-refractivity contribution in [3.05, 3.63) is 29.3 Å². The van der Waals surface area contributed by atoms with Gasteiger partial charge in [-0.15, -0.1) is 0 Å². The molecule has 0 aliphatic carbocycles. The molecule has 3 heteroatoms. The maximum Gasteiger partial charge on any atom is 0.119 e. The van der Waals surface area contributed by atoms with E-state index in [1.165, 1.54) is 37.1 Å². The highest BCUT2D eigenvalue weighted by Crippen LogP contribution is 2.31. The van der Waals surface area contributed by atoms with Gasteiger partial charge < -0.3 is 10.1 Å². The zero-order valence-electron chi connectivity index (χ0n) is 11.1. The van der Waals surface area contributed by atoms with E-state index in [1.807, 2.05) is 6.92 Å². The molecule has 0 aromatic heterocycles. The Bertz CT molecular complexity index is 413. The predicted molar refractivity (Wildman–Crippen MR) is 72.9 cm³/mol. The van der Waals surface area contributed by atoms with E-state index in [9.17, 15) is 0 Å². The van der Waals surface area contributed by atoms with Gasteiger partial charge in [0.05, 0.1) is 6.61 Å². The van der Waals surface area contributed by atoms with Gasteiger partial charge in [-0.25, -0.2) is 0 Å². The minimum atomic E-state index is 0.562. The first-order valence-electron chi connectivity index (χ1n) is 7.09. The van der Waals surface area contributed by atoms with Crippen LogP contribution in [0.1, 0.15) is 36.9 Å². The molecule has 1 saturated heterocycles. The second-order valence-electron chi connectivity index (χ2n) is 5.18. The van der Waals surface area contributed by atoms with Gasteiger partial charge in [-0.05, 0) is 56.1 Å². The van der Waals surface area contributed by atoms with Crippen molar-refractivity contribution in [3.63, 3.8) is 0 Å². The van der Waals surface area contributed by atoms with E-state index in [1.54, 1.807) is 0 Å². The highest BCUT2D eigenvalue weighted by Gasteiger charge is 2.27. The maximum absolute atomic E-state index is 5.59. The van der Waals surface area contributed by atoms with E-state index >= 15 is 0 Å². The zero-order chi connectivity index (χ0) is 12.4. The summed E-state index contributed by atoms with van der Waals surface area (Å²) < 4.78 is 5.59. The molecule has 2 heterocycles. The number of nitrogens with one attached hydrogen (secondary N) is 1. The van der Waals surface area contributed by atoms with Gasteiger partial charge in [0.15, 0.2) is 0 Å². The summed E-state index contributed by atoms with van der Waals surface area (Å²) in [6, 6.07) is 7.15. The molecule has 3 nitrogen and oxygen atoms in total. The van der Waals surface area contributed by atoms with E-state index in [0.29, 0.717) is 6.04 Å². The normalized spacial score (nSPS) is 23.9. The Balaban J connectivity index is 1.86. The first-order valence-corrected chi connectivity index (χ1v) is 7.09. The molecule has 0 radical (unpaired) electrons. The number of rotatable bonds is 3. The van der Waals surface area contributed by atoms with Crippen LogP contribution in [-0.4, -0.2) is 31.1 Å². The van der Waals surface area contributed by atoms with Gasteiger partial charge in [0.25, 0.3) is 0 Å². The third-order valence-electron chi connectivity index (χ3n) is 4.02. The Morgan fingerprint density at radius 3 is 2.94 bits per heavy atom. The summed E-state index contributed by atoms with van der Waals surface area (Å²) >= 11 is 0. The van der Waals surface area contributed by atoms with Gasteiger partial charge in [-0.3, -0.25) is 4.90 Å². The Hall–Kier alpha value is -1.06. The number of ether oxygens (including phenoxy) is 1. The van der Waals surface area contributed by atoms with Crippen molar-refractivity contribution in [2.45, 2.75) is 32.4 Å². The molecule has 0 amide bonds.